The van der Waals surface area contributed by atoms with Gasteiger partial charge in [0.1, 0.15) is 0 Å². The highest BCUT2D eigenvalue weighted by atomic mass is 16.1. The Morgan fingerprint density at radius 3 is 2.22 bits per heavy atom. The molecule has 1 heteroatoms. The Kier molecular flexibility index (Phi) is 1.28. The Balaban J connectivity index is 2.79. The maximum Gasteiger partial charge on any atom is 0.185 e. The van der Waals surface area contributed by atoms with Crippen LogP contribution in [0.25, 0.3) is 0 Å². The first-order valence-electron chi connectivity index (χ1n) is 3.08. The molecule has 1 rings (SSSR count). The van der Waals surface area contributed by atoms with E-state index in [0.717, 1.165) is 5.57 Å². The van der Waals surface area contributed by atoms with E-state index in [0.29, 0.717) is 11.5 Å². The van der Waals surface area contributed by atoms with Gasteiger partial charge in [-0.15, -0.1) is 0 Å². The quantitative estimate of drug-likeness (QED) is 0.484. The van der Waals surface area contributed by atoms with Crippen LogP contribution in [0.4, 0.5) is 0 Å². The van der Waals surface area contributed by atoms with E-state index in [-0.39, 0.29) is 5.78 Å². The maximum atomic E-state index is 10.6. The van der Waals surface area contributed by atoms with Crippen molar-refractivity contribution in [3.8, 4) is 0 Å². The third-order valence-corrected chi connectivity index (χ3v) is 1.55. The molecule has 48 valence electrons. The minimum Gasteiger partial charge on any atom is -0.289 e. The van der Waals surface area contributed by atoms with Crippen LogP contribution in [0.3, 0.4) is 0 Å². The van der Waals surface area contributed by atoms with Crippen molar-refractivity contribution in [1.82, 2.24) is 0 Å². The van der Waals surface area contributed by atoms with E-state index in [1.165, 1.54) is 0 Å². The van der Waals surface area contributed by atoms with E-state index in [9.17, 15) is 4.79 Å². The van der Waals surface area contributed by atoms with Crippen molar-refractivity contribution in [2.24, 2.45) is 5.92 Å². The lowest BCUT2D eigenvalue weighted by molar-refractivity contribution is -0.112. The van der Waals surface area contributed by atoms with Gasteiger partial charge in [0.25, 0.3) is 0 Å². The topological polar surface area (TPSA) is 17.1 Å². The molecule has 0 saturated carbocycles. The molecule has 0 amide bonds. The molecule has 1 aliphatic rings. The lowest BCUT2D eigenvalue weighted by Crippen LogP contribution is -2.16. The molecule has 0 aromatic carbocycles. The summed E-state index contributed by atoms with van der Waals surface area (Å²) in [6.45, 7) is 7.74. The highest BCUT2D eigenvalue weighted by molar-refractivity contribution is 6.15. The monoisotopic (exact) mass is 122 g/mol. The molecule has 0 aromatic heterocycles. The summed E-state index contributed by atoms with van der Waals surface area (Å²) in [6, 6.07) is 0. The molecule has 0 atom stereocenters. The molecule has 0 unspecified atom stereocenters. The van der Waals surface area contributed by atoms with E-state index >= 15 is 0 Å². The van der Waals surface area contributed by atoms with Crippen LogP contribution < -0.4 is 0 Å². The van der Waals surface area contributed by atoms with Gasteiger partial charge in [-0.2, -0.15) is 0 Å². The van der Waals surface area contributed by atoms with E-state index in [1.54, 1.807) is 6.08 Å². The minimum absolute atomic E-state index is 0.0960. The zero-order valence-corrected chi connectivity index (χ0v) is 5.77. The Morgan fingerprint density at radius 2 is 2.11 bits per heavy atom. The van der Waals surface area contributed by atoms with Crippen molar-refractivity contribution >= 4 is 5.78 Å². The SMILES string of the molecule is C=C1C(=O)C=C1C(C)C. The van der Waals surface area contributed by atoms with Gasteiger partial charge in [0.15, 0.2) is 5.78 Å². The standard InChI is InChI=1S/C8H10O/c1-5(2)7-4-8(9)6(7)3/h4-5H,3H2,1-2H3. The van der Waals surface area contributed by atoms with Crippen LogP contribution in [-0.2, 0) is 4.79 Å². The third kappa shape index (κ3) is 0.826. The smallest absolute Gasteiger partial charge is 0.185 e. The second kappa shape index (κ2) is 1.83. The van der Waals surface area contributed by atoms with Crippen LogP contribution in [0.2, 0.25) is 0 Å². The van der Waals surface area contributed by atoms with Gasteiger partial charge >= 0.3 is 0 Å². The lowest BCUT2D eigenvalue weighted by Gasteiger charge is -2.19. The van der Waals surface area contributed by atoms with Gasteiger partial charge in [0.05, 0.1) is 0 Å². The molecular weight excluding hydrogens is 112 g/mol. The summed E-state index contributed by atoms with van der Waals surface area (Å²) in [5.41, 5.74) is 1.81. The third-order valence-electron chi connectivity index (χ3n) is 1.55. The fourth-order valence-corrected chi connectivity index (χ4v) is 0.895. The van der Waals surface area contributed by atoms with Gasteiger partial charge in [-0.3, -0.25) is 4.79 Å². The van der Waals surface area contributed by atoms with Gasteiger partial charge in [-0.25, -0.2) is 0 Å². The Hall–Kier alpha value is -0.850. The minimum atomic E-state index is 0.0960. The average molecular weight is 122 g/mol. The first kappa shape index (κ1) is 6.27. The molecule has 0 aliphatic heterocycles. The van der Waals surface area contributed by atoms with Crippen molar-refractivity contribution in [2.45, 2.75) is 13.8 Å². The predicted molar refractivity (Wildman–Crippen MR) is 37.1 cm³/mol. The largest absolute Gasteiger partial charge is 0.289 e. The van der Waals surface area contributed by atoms with E-state index < -0.39 is 0 Å². The molecule has 1 nitrogen and oxygen atoms in total. The number of ketones is 1. The van der Waals surface area contributed by atoms with Gasteiger partial charge < -0.3 is 0 Å². The van der Waals surface area contributed by atoms with Crippen LogP contribution >= 0.6 is 0 Å². The Morgan fingerprint density at radius 1 is 1.56 bits per heavy atom. The molecule has 0 saturated heterocycles. The zero-order chi connectivity index (χ0) is 7.02. The van der Waals surface area contributed by atoms with Crippen molar-refractivity contribution in [2.75, 3.05) is 0 Å². The highest BCUT2D eigenvalue weighted by Crippen LogP contribution is 2.27. The predicted octanol–water partition coefficient (Wildman–Crippen LogP) is 1.71. The molecule has 9 heavy (non-hydrogen) atoms. The number of allylic oxidation sites excluding steroid dienone is 3. The van der Waals surface area contributed by atoms with Crippen molar-refractivity contribution in [3.05, 3.63) is 23.8 Å². The highest BCUT2D eigenvalue weighted by Gasteiger charge is 2.22. The van der Waals surface area contributed by atoms with Crippen molar-refractivity contribution in [1.29, 1.82) is 0 Å². The fourth-order valence-electron chi connectivity index (χ4n) is 0.895. The lowest BCUT2D eigenvalue weighted by atomic mass is 9.84. The zero-order valence-electron chi connectivity index (χ0n) is 5.77. The molecule has 0 bridgehead atoms. The maximum absolute atomic E-state index is 10.6. The number of rotatable bonds is 1. The summed E-state index contributed by atoms with van der Waals surface area (Å²) in [5.74, 6) is 0.550. The molecule has 0 spiro atoms. The van der Waals surface area contributed by atoms with Crippen LogP contribution in [0, 0.1) is 5.92 Å². The van der Waals surface area contributed by atoms with Crippen LogP contribution in [-0.4, -0.2) is 5.78 Å². The number of hydrogen-bond acceptors (Lipinski definition) is 1. The normalized spacial score (nSPS) is 17.9. The van der Waals surface area contributed by atoms with Gasteiger partial charge in [-0.1, -0.05) is 20.4 Å². The molecule has 0 aromatic rings. The summed E-state index contributed by atoms with van der Waals surface area (Å²) in [5, 5.41) is 0. The Labute approximate surface area is 55.1 Å². The van der Waals surface area contributed by atoms with E-state index in [2.05, 4.69) is 20.4 Å². The number of carbonyl (C=O) groups excluding carboxylic acids is 1. The average Bonchev–Trinajstić information content (AvgIpc) is 1.81. The molecule has 0 radical (unpaired) electrons. The van der Waals surface area contributed by atoms with Gasteiger partial charge in [-0.05, 0) is 17.6 Å². The van der Waals surface area contributed by atoms with Crippen molar-refractivity contribution < 1.29 is 4.79 Å². The Bertz CT molecular complexity index is 197. The number of carbonyl (C=O) groups is 1. The molecule has 0 heterocycles. The summed E-state index contributed by atoms with van der Waals surface area (Å²) in [7, 11) is 0. The summed E-state index contributed by atoms with van der Waals surface area (Å²) < 4.78 is 0. The van der Waals surface area contributed by atoms with Crippen LogP contribution in [0.1, 0.15) is 13.8 Å². The van der Waals surface area contributed by atoms with Gasteiger partial charge in [0.2, 0.25) is 0 Å². The van der Waals surface area contributed by atoms with Crippen molar-refractivity contribution in [3.63, 3.8) is 0 Å². The van der Waals surface area contributed by atoms with Crippen LogP contribution in [0.15, 0.2) is 23.8 Å². The summed E-state index contributed by atoms with van der Waals surface area (Å²) in [6.07, 6.45) is 1.66. The first-order valence-corrected chi connectivity index (χ1v) is 3.08. The molecule has 1 aliphatic carbocycles. The van der Waals surface area contributed by atoms with Crippen LogP contribution in [0.5, 0.6) is 0 Å². The molecule has 0 fully saturated rings. The molecule has 0 N–H and O–H groups in total. The summed E-state index contributed by atoms with van der Waals surface area (Å²) >= 11 is 0. The van der Waals surface area contributed by atoms with Gasteiger partial charge in [0, 0.05) is 5.57 Å². The molecular formula is C8H10O. The first-order chi connectivity index (χ1) is 4.13. The second-order valence-electron chi connectivity index (χ2n) is 2.60. The van der Waals surface area contributed by atoms with E-state index in [4.69, 9.17) is 0 Å². The second-order valence-corrected chi connectivity index (χ2v) is 2.60. The number of hydrogen-bond donors (Lipinski definition) is 0. The fraction of sp³-hybridized carbons (Fsp3) is 0.375. The summed E-state index contributed by atoms with van der Waals surface area (Å²) in [4.78, 5) is 10.6. The van der Waals surface area contributed by atoms with E-state index in [1.807, 2.05) is 0 Å².